The highest BCUT2D eigenvalue weighted by Gasteiger charge is 2.49. The number of rotatable bonds is 10. The Morgan fingerprint density at radius 3 is 2.54 bits per heavy atom. The van der Waals surface area contributed by atoms with E-state index in [0.29, 0.717) is 16.9 Å². The van der Waals surface area contributed by atoms with Crippen molar-refractivity contribution in [2.45, 2.75) is 46.4 Å². The van der Waals surface area contributed by atoms with Crippen molar-refractivity contribution < 1.29 is 46.1 Å². The molecule has 0 fully saturated rings. The number of carboxylic acids is 1. The summed E-state index contributed by atoms with van der Waals surface area (Å²) < 4.78 is 84.2. The Balaban J connectivity index is 1.45. The normalized spacial score (nSPS) is 17.5. The maximum Gasteiger partial charge on any atom is 0.303 e. The highest BCUT2D eigenvalue weighted by atomic mass is 32.2. The summed E-state index contributed by atoms with van der Waals surface area (Å²) in [5, 5.41) is 17.2. The highest BCUT2D eigenvalue weighted by Crippen LogP contribution is 2.54. The number of aromatic amines is 2. The average molecular weight is 695 g/mol. The van der Waals surface area contributed by atoms with Gasteiger partial charge in [0.05, 0.1) is 41.2 Å². The van der Waals surface area contributed by atoms with E-state index in [4.69, 9.17) is 40.9 Å². The van der Waals surface area contributed by atoms with Crippen molar-refractivity contribution in [1.82, 2.24) is 15.0 Å². The Hall–Kier alpha value is -4.56. The summed E-state index contributed by atoms with van der Waals surface area (Å²) in [4.78, 5) is 17.1. The first-order chi connectivity index (χ1) is 23.4. The molecular weight excluding hydrogens is 671 g/mol. The van der Waals surface area contributed by atoms with Crippen LogP contribution in [-0.2, 0) is 26.5 Å². The fourth-order valence-corrected chi connectivity index (χ4v) is 7.46. The monoisotopic (exact) mass is 695 g/mol. The summed E-state index contributed by atoms with van der Waals surface area (Å²) in [6.07, 6.45) is 2.59. The maximum absolute atomic E-state index is 15.5. The number of aryl methyl sites for hydroxylation is 1. The lowest BCUT2D eigenvalue weighted by Gasteiger charge is -2.49. The lowest BCUT2D eigenvalue weighted by Crippen LogP contribution is -2.47. The third kappa shape index (κ3) is 5.67. The Bertz CT molecular complexity index is 2270. The molecule has 1 aliphatic heterocycles. The second kappa shape index (κ2) is 12.3. The van der Waals surface area contributed by atoms with Crippen LogP contribution in [0.4, 0.5) is 13.2 Å². The minimum Gasteiger partial charge on any atom is -0.493 e. The first kappa shape index (κ1) is 35.3. The van der Waals surface area contributed by atoms with Crippen molar-refractivity contribution in [2.75, 3.05) is 6.61 Å². The summed E-state index contributed by atoms with van der Waals surface area (Å²) in [5.41, 5.74) is -0.918. The quantitative estimate of drug-likeness (QED) is 0.126. The number of fused-ring (bicyclic) bond motifs is 2. The molecule has 0 amide bonds. The number of hydrogen-bond donors (Lipinski definition) is 4. The second-order valence-corrected chi connectivity index (χ2v) is 14.4. The first-order valence-electron chi connectivity index (χ1n) is 15.0. The highest BCUT2D eigenvalue weighted by molar-refractivity contribution is 7.94. The zero-order chi connectivity index (χ0) is 36.4. The molecule has 1 unspecified atom stereocenters. The first-order valence-corrected chi connectivity index (χ1v) is 16.5. The molecule has 0 saturated heterocycles. The molecule has 5 aromatic rings. The van der Waals surface area contributed by atoms with Crippen LogP contribution in [0.15, 0.2) is 59.8 Å². The summed E-state index contributed by atoms with van der Waals surface area (Å²) in [5.74, 6) is -6.29. The molecule has 3 aromatic carbocycles. The van der Waals surface area contributed by atoms with Crippen LogP contribution in [0.5, 0.6) is 17.2 Å². The van der Waals surface area contributed by atoms with Gasteiger partial charge in [0.25, 0.3) is 0 Å². The number of para-hydroxylation sites is 1. The van der Waals surface area contributed by atoms with Crippen molar-refractivity contribution in [2.24, 2.45) is 0 Å². The predicted octanol–water partition coefficient (Wildman–Crippen LogP) is 4.04. The molecule has 0 saturated carbocycles. The van der Waals surface area contributed by atoms with Crippen LogP contribution < -0.4 is 9.47 Å². The molecular formula is C32H24B4F3N3O7S. The van der Waals surface area contributed by atoms with Crippen LogP contribution in [0, 0.1) is 17.5 Å². The Morgan fingerprint density at radius 1 is 1.12 bits per heavy atom. The zero-order valence-electron chi connectivity index (χ0n) is 26.3. The van der Waals surface area contributed by atoms with E-state index in [1.165, 1.54) is 6.20 Å². The Kier molecular flexibility index (Phi) is 8.70. The molecule has 0 spiro atoms. The van der Waals surface area contributed by atoms with Crippen LogP contribution in [0.3, 0.4) is 0 Å². The van der Waals surface area contributed by atoms with E-state index in [9.17, 15) is 23.4 Å². The summed E-state index contributed by atoms with van der Waals surface area (Å²) in [6, 6.07) is 9.21. The molecule has 3 heterocycles. The molecule has 0 aliphatic carbocycles. The number of imidazole rings is 1. The van der Waals surface area contributed by atoms with Gasteiger partial charge in [-0.3, -0.25) is 4.79 Å². The number of aliphatic hydroxyl groups is 1. The Labute approximate surface area is 289 Å². The summed E-state index contributed by atoms with van der Waals surface area (Å²) in [7, 11) is 19.8. The third-order valence-corrected chi connectivity index (χ3v) is 10.7. The maximum atomic E-state index is 15.5. The van der Waals surface area contributed by atoms with Gasteiger partial charge >= 0.3 is 5.97 Å². The van der Waals surface area contributed by atoms with Crippen LogP contribution in [0.1, 0.15) is 36.6 Å². The van der Waals surface area contributed by atoms with Gasteiger partial charge in [-0.25, -0.2) is 22.2 Å². The fourth-order valence-electron chi connectivity index (χ4n) is 6.21. The van der Waals surface area contributed by atoms with Crippen LogP contribution in [-0.4, -0.2) is 82.4 Å². The van der Waals surface area contributed by atoms with E-state index in [1.54, 1.807) is 18.2 Å². The molecule has 0 bridgehead atoms. The summed E-state index contributed by atoms with van der Waals surface area (Å²) in [6.45, 7) is 0.820. The van der Waals surface area contributed by atoms with Crippen molar-refractivity contribution >= 4 is 58.1 Å². The molecule has 1 aliphatic rings. The van der Waals surface area contributed by atoms with E-state index in [-0.39, 0.29) is 54.1 Å². The number of H-pyrrole nitrogens is 2. The number of carboxylic acid groups (broad SMARTS) is 1. The number of ether oxygens (including phenoxy) is 2. The number of carbonyl (C=O) groups is 1. The smallest absolute Gasteiger partial charge is 0.303 e. The number of nitrogens with one attached hydrogen (secondary N) is 2. The lowest BCUT2D eigenvalue weighted by atomic mass is 9.30. The van der Waals surface area contributed by atoms with Gasteiger partial charge < -0.3 is 29.7 Å². The molecule has 2 atom stereocenters. The topological polar surface area (TPSA) is 155 Å². The van der Waals surface area contributed by atoms with Crippen molar-refractivity contribution in [3.05, 3.63) is 89.1 Å². The minimum absolute atomic E-state index is 0.0744. The van der Waals surface area contributed by atoms with E-state index in [2.05, 4.69) is 15.0 Å². The van der Waals surface area contributed by atoms with E-state index in [1.807, 2.05) is 0 Å². The van der Waals surface area contributed by atoms with Gasteiger partial charge in [0.2, 0.25) is 15.7 Å². The third-order valence-electron chi connectivity index (χ3n) is 8.70. The zero-order valence-corrected chi connectivity index (χ0v) is 27.1. The standard InChI is InChI=1S/C32H24B4F3N3O7S/c1-30(33,45)50(46,47)28-17-9-11-40-25(17)23(38)24(39)27(28)49-16-6-7-20(37)18(13-16)29-41-14-21(42-29)31(32(34,35)36)10-12-48-26-15(5-8-22(43)44)3-2-4-19(26)31/h2-4,6-7,9,11,13-14,40,45H,5,8,10,12H2,1H3,(H,41,42)(H,43,44)/t30?,31-/m0/s1. The van der Waals surface area contributed by atoms with Gasteiger partial charge in [-0.2, -0.15) is 4.39 Å². The SMILES string of the molecule is [B]C([B])([B])[C@@]1(c2cnc(-c3cc(Oc4c(F)c(F)c5[nH]ccc5c4S(=O)(=O)C([B])(C)O)ccc3F)[nH]2)CCOc2c(CCC(=O)O)cccc21. The predicted molar refractivity (Wildman–Crippen MR) is 179 cm³/mol. The molecule has 2 aromatic heterocycles. The minimum atomic E-state index is -4.98. The number of aliphatic carboxylic acids is 1. The number of hydrogen-bond acceptors (Lipinski definition) is 7. The number of benzene rings is 3. The lowest BCUT2D eigenvalue weighted by molar-refractivity contribution is -0.136. The average Bonchev–Trinajstić information content (AvgIpc) is 3.73. The van der Waals surface area contributed by atoms with Gasteiger partial charge in [0, 0.05) is 40.9 Å². The van der Waals surface area contributed by atoms with Crippen molar-refractivity contribution in [3.63, 3.8) is 0 Å². The van der Waals surface area contributed by atoms with E-state index < -0.39 is 64.8 Å². The molecule has 50 heavy (non-hydrogen) atoms. The molecule has 8 radical (unpaired) electrons. The van der Waals surface area contributed by atoms with Gasteiger partial charge in [0.1, 0.15) is 40.7 Å². The molecule has 10 nitrogen and oxygen atoms in total. The van der Waals surface area contributed by atoms with Gasteiger partial charge in [-0.15, -0.1) is 5.11 Å². The molecule has 6 rings (SSSR count). The van der Waals surface area contributed by atoms with Gasteiger partial charge in [-0.1, -0.05) is 18.2 Å². The molecule has 248 valence electrons. The van der Waals surface area contributed by atoms with Crippen LogP contribution in [0.2, 0.25) is 5.11 Å². The Morgan fingerprint density at radius 2 is 1.86 bits per heavy atom. The second-order valence-electron chi connectivity index (χ2n) is 12.1. The van der Waals surface area contributed by atoms with Crippen LogP contribution >= 0.6 is 0 Å². The van der Waals surface area contributed by atoms with Crippen molar-refractivity contribution in [3.8, 4) is 28.6 Å². The fraction of sp³-hybridized carbons (Fsp3) is 0.250. The largest absolute Gasteiger partial charge is 0.493 e. The molecule has 18 heteroatoms. The number of aromatic nitrogens is 3. The number of halogens is 3. The number of sulfone groups is 1. The summed E-state index contributed by atoms with van der Waals surface area (Å²) >= 11 is 0. The van der Waals surface area contributed by atoms with Crippen molar-refractivity contribution in [1.29, 1.82) is 0 Å². The van der Waals surface area contributed by atoms with E-state index >= 15 is 13.2 Å². The number of nitrogens with zero attached hydrogens (tertiary/aromatic N) is 1. The molecule has 4 N–H and O–H groups in total. The van der Waals surface area contributed by atoms with Gasteiger partial charge in [-0.05, 0) is 49.6 Å². The van der Waals surface area contributed by atoms with Gasteiger partial charge in [0.15, 0.2) is 11.6 Å². The van der Waals surface area contributed by atoms with Crippen LogP contribution in [0.25, 0.3) is 22.3 Å². The van der Waals surface area contributed by atoms with E-state index in [0.717, 1.165) is 37.4 Å².